The molecule has 116 valence electrons. The van der Waals surface area contributed by atoms with Gasteiger partial charge in [-0.1, -0.05) is 19.3 Å². The van der Waals surface area contributed by atoms with Crippen molar-refractivity contribution in [3.8, 4) is 0 Å². The fraction of sp³-hybridized carbons (Fsp3) is 1.00. The van der Waals surface area contributed by atoms with E-state index < -0.39 is 6.17 Å². The first kappa shape index (κ1) is 14.7. The first-order valence-electron chi connectivity index (χ1n) is 8.22. The third-order valence-electron chi connectivity index (χ3n) is 5.71. The zero-order valence-corrected chi connectivity index (χ0v) is 12.5. The normalized spacial score (nSPS) is 44.9. The molecule has 0 aromatic heterocycles. The Morgan fingerprint density at radius 2 is 1.90 bits per heavy atom. The summed E-state index contributed by atoms with van der Waals surface area (Å²) in [7, 11) is 2.07. The molecule has 0 amide bonds. The molecule has 1 aliphatic carbocycles. The van der Waals surface area contributed by atoms with Gasteiger partial charge in [-0.3, -0.25) is 4.90 Å². The fourth-order valence-corrected chi connectivity index (χ4v) is 4.56. The van der Waals surface area contributed by atoms with Crippen molar-refractivity contribution in [1.29, 1.82) is 0 Å². The largest absolute Gasteiger partial charge is 0.326 e. The van der Waals surface area contributed by atoms with E-state index in [9.17, 15) is 4.39 Å². The van der Waals surface area contributed by atoms with E-state index in [2.05, 4.69) is 22.6 Å². The van der Waals surface area contributed by atoms with Gasteiger partial charge in [0.1, 0.15) is 6.17 Å². The molecule has 0 aromatic carbocycles. The highest BCUT2D eigenvalue weighted by atomic mass is 19.1. The second-order valence-corrected chi connectivity index (χ2v) is 6.94. The lowest BCUT2D eigenvalue weighted by Gasteiger charge is -2.46. The van der Waals surface area contributed by atoms with Crippen LogP contribution in [0.25, 0.3) is 0 Å². The molecule has 3 aliphatic rings. The second kappa shape index (κ2) is 6.26. The van der Waals surface area contributed by atoms with E-state index in [-0.39, 0.29) is 18.0 Å². The molecule has 3 fully saturated rings. The Morgan fingerprint density at radius 3 is 2.55 bits per heavy atom. The van der Waals surface area contributed by atoms with E-state index in [1.54, 1.807) is 0 Å². The number of halogens is 1. The lowest BCUT2D eigenvalue weighted by molar-refractivity contribution is 0.0487. The summed E-state index contributed by atoms with van der Waals surface area (Å²) >= 11 is 0. The van der Waals surface area contributed by atoms with Crippen LogP contribution in [0, 0.1) is 11.8 Å². The van der Waals surface area contributed by atoms with Crippen LogP contribution in [0.5, 0.6) is 0 Å². The molecule has 5 atom stereocenters. The predicted octanol–water partition coefficient (Wildman–Crippen LogP) is 0.681. The van der Waals surface area contributed by atoms with E-state index in [0.717, 1.165) is 13.2 Å². The molecule has 4 unspecified atom stereocenters. The Kier molecular flexibility index (Phi) is 4.60. The van der Waals surface area contributed by atoms with Crippen molar-refractivity contribution >= 4 is 0 Å². The average Bonchev–Trinajstić information content (AvgIpc) is 2.86. The minimum absolute atomic E-state index is 0.0387. The summed E-state index contributed by atoms with van der Waals surface area (Å²) in [6.07, 6.45) is 5.66. The van der Waals surface area contributed by atoms with Crippen molar-refractivity contribution in [2.75, 3.05) is 26.8 Å². The second-order valence-electron chi connectivity index (χ2n) is 6.94. The first-order valence-corrected chi connectivity index (χ1v) is 8.22. The topological polar surface area (TPSA) is 53.3 Å². The summed E-state index contributed by atoms with van der Waals surface area (Å²) in [5, 5.41) is 6.76. The van der Waals surface area contributed by atoms with Crippen molar-refractivity contribution in [2.45, 2.75) is 56.4 Å². The van der Waals surface area contributed by atoms with Crippen LogP contribution in [0.3, 0.4) is 0 Å². The number of piperidine rings is 1. The molecular formula is C15H29FN4. The number of rotatable bonds is 2. The Morgan fingerprint density at radius 1 is 1.15 bits per heavy atom. The molecule has 0 aromatic rings. The van der Waals surface area contributed by atoms with Gasteiger partial charge in [-0.05, 0) is 25.8 Å². The molecule has 2 heterocycles. The highest BCUT2D eigenvalue weighted by Gasteiger charge is 2.46. The minimum Gasteiger partial charge on any atom is -0.326 e. The quantitative estimate of drug-likeness (QED) is 0.698. The molecule has 2 aliphatic heterocycles. The van der Waals surface area contributed by atoms with E-state index in [1.807, 2.05) is 0 Å². The molecule has 3 rings (SSSR count). The molecular weight excluding hydrogens is 255 g/mol. The monoisotopic (exact) mass is 284 g/mol. The first-order chi connectivity index (χ1) is 9.68. The van der Waals surface area contributed by atoms with Gasteiger partial charge in [-0.2, -0.15) is 0 Å². The van der Waals surface area contributed by atoms with Gasteiger partial charge in [0.2, 0.25) is 0 Å². The Balaban J connectivity index is 1.71. The summed E-state index contributed by atoms with van der Waals surface area (Å²) in [6.45, 7) is 2.19. The van der Waals surface area contributed by atoms with Gasteiger partial charge < -0.3 is 16.4 Å². The lowest BCUT2D eigenvalue weighted by atomic mass is 9.73. The van der Waals surface area contributed by atoms with Gasteiger partial charge in [0.15, 0.2) is 0 Å². The maximum absolute atomic E-state index is 14.5. The third-order valence-corrected chi connectivity index (χ3v) is 5.71. The average molecular weight is 284 g/mol. The van der Waals surface area contributed by atoms with Gasteiger partial charge in [0.25, 0.3) is 0 Å². The third kappa shape index (κ3) is 2.73. The number of hydrogen-bond donors (Lipinski definition) is 3. The van der Waals surface area contributed by atoms with Crippen LogP contribution < -0.4 is 16.4 Å². The molecule has 0 spiro atoms. The number of alkyl halides is 1. The van der Waals surface area contributed by atoms with Crippen LogP contribution in [-0.4, -0.2) is 56.0 Å². The molecule has 1 saturated carbocycles. The predicted molar refractivity (Wildman–Crippen MR) is 79.1 cm³/mol. The summed E-state index contributed by atoms with van der Waals surface area (Å²) in [5.41, 5.74) is 6.53. The van der Waals surface area contributed by atoms with Crippen LogP contribution >= 0.6 is 0 Å². The SMILES string of the molecule is CN1CNCC1C1C(F)CNC(C2CCCCC2)[C@@H]1N. The molecule has 20 heavy (non-hydrogen) atoms. The van der Waals surface area contributed by atoms with Crippen molar-refractivity contribution in [3.05, 3.63) is 0 Å². The zero-order chi connectivity index (χ0) is 14.1. The number of likely N-dealkylation sites (N-methyl/N-ethyl adjacent to an activating group) is 1. The zero-order valence-electron chi connectivity index (χ0n) is 12.5. The number of nitrogens with one attached hydrogen (secondary N) is 2. The summed E-state index contributed by atoms with van der Waals surface area (Å²) in [5.74, 6) is 0.608. The van der Waals surface area contributed by atoms with Crippen LogP contribution in [0.1, 0.15) is 32.1 Å². The van der Waals surface area contributed by atoms with E-state index in [4.69, 9.17) is 5.73 Å². The summed E-state index contributed by atoms with van der Waals surface area (Å²) < 4.78 is 14.5. The molecule has 4 N–H and O–H groups in total. The number of hydrogen-bond acceptors (Lipinski definition) is 4. The molecule has 0 radical (unpaired) electrons. The van der Waals surface area contributed by atoms with Crippen molar-refractivity contribution in [1.82, 2.24) is 15.5 Å². The minimum atomic E-state index is -0.822. The summed E-state index contributed by atoms with van der Waals surface area (Å²) in [4.78, 5) is 2.22. The molecule has 0 bridgehead atoms. The van der Waals surface area contributed by atoms with Gasteiger partial charge in [0, 0.05) is 43.8 Å². The standard InChI is InChI=1S/C15H29FN4/c1-20-9-18-8-12(20)13-11(16)7-19-15(14(13)17)10-5-3-2-4-6-10/h10-15,18-19H,2-9,17H2,1H3/t11?,12?,13?,14-,15?/m1/s1. The van der Waals surface area contributed by atoms with Gasteiger partial charge >= 0.3 is 0 Å². The summed E-state index contributed by atoms with van der Waals surface area (Å²) in [6, 6.07) is 0.490. The molecule has 2 saturated heterocycles. The van der Waals surface area contributed by atoms with Gasteiger partial charge in [-0.15, -0.1) is 0 Å². The van der Waals surface area contributed by atoms with Crippen molar-refractivity contribution in [2.24, 2.45) is 17.6 Å². The Labute approximate surface area is 121 Å². The molecule has 5 heteroatoms. The van der Waals surface area contributed by atoms with E-state index in [1.165, 1.54) is 32.1 Å². The van der Waals surface area contributed by atoms with Crippen molar-refractivity contribution in [3.63, 3.8) is 0 Å². The number of nitrogens with zero attached hydrogens (tertiary/aromatic N) is 1. The van der Waals surface area contributed by atoms with Gasteiger partial charge in [0.05, 0.1) is 0 Å². The van der Waals surface area contributed by atoms with Crippen LogP contribution in [0.15, 0.2) is 0 Å². The van der Waals surface area contributed by atoms with Crippen LogP contribution in [0.2, 0.25) is 0 Å². The fourth-order valence-electron chi connectivity index (χ4n) is 4.56. The Bertz CT molecular complexity index is 321. The maximum atomic E-state index is 14.5. The molecule has 4 nitrogen and oxygen atoms in total. The lowest BCUT2D eigenvalue weighted by Crippen LogP contribution is -2.66. The smallest absolute Gasteiger partial charge is 0.118 e. The van der Waals surface area contributed by atoms with E-state index in [0.29, 0.717) is 18.5 Å². The Hall–Kier alpha value is -0.230. The van der Waals surface area contributed by atoms with E-state index >= 15 is 0 Å². The highest BCUT2D eigenvalue weighted by Crippen LogP contribution is 2.34. The van der Waals surface area contributed by atoms with Crippen molar-refractivity contribution < 1.29 is 4.39 Å². The maximum Gasteiger partial charge on any atom is 0.118 e. The van der Waals surface area contributed by atoms with Crippen LogP contribution in [-0.2, 0) is 0 Å². The van der Waals surface area contributed by atoms with Crippen LogP contribution in [0.4, 0.5) is 4.39 Å². The highest BCUT2D eigenvalue weighted by molar-refractivity contribution is 5.04. The van der Waals surface area contributed by atoms with Gasteiger partial charge in [-0.25, -0.2) is 4.39 Å². The number of nitrogens with two attached hydrogens (primary N) is 1.